The molecule has 0 saturated carbocycles. The van der Waals surface area contributed by atoms with Crippen molar-refractivity contribution in [3.05, 3.63) is 0 Å². The van der Waals surface area contributed by atoms with Gasteiger partial charge in [-0.1, -0.05) is 0 Å². The summed E-state index contributed by atoms with van der Waals surface area (Å²) in [5.41, 5.74) is 0. The summed E-state index contributed by atoms with van der Waals surface area (Å²) in [6, 6.07) is 0. The lowest BCUT2D eigenvalue weighted by Gasteiger charge is -2.22. The Bertz CT molecular complexity index is 123. The second-order valence-electron chi connectivity index (χ2n) is 3.46. The fourth-order valence-corrected chi connectivity index (χ4v) is 1.77. The molecule has 1 aliphatic heterocycles. The minimum absolute atomic E-state index is 0.0410. The van der Waals surface area contributed by atoms with Crippen molar-refractivity contribution in [3.63, 3.8) is 0 Å². The van der Waals surface area contributed by atoms with Crippen LogP contribution in [-0.4, -0.2) is 41.4 Å². The van der Waals surface area contributed by atoms with Crippen molar-refractivity contribution < 1.29 is 13.9 Å². The first-order chi connectivity index (χ1) is 5.14. The van der Waals surface area contributed by atoms with Crippen molar-refractivity contribution in [2.45, 2.75) is 25.2 Å². The SMILES string of the molecule is CO[SiH2]C(C)(C)OCC1CO1. The predicted molar refractivity (Wildman–Crippen MR) is 45.3 cm³/mol. The van der Waals surface area contributed by atoms with Crippen LogP contribution in [0.5, 0.6) is 0 Å². The summed E-state index contributed by atoms with van der Waals surface area (Å²) in [5.74, 6) is 0. The molecule has 0 aromatic rings. The van der Waals surface area contributed by atoms with E-state index < -0.39 is 9.76 Å². The fraction of sp³-hybridized carbons (Fsp3) is 1.00. The number of rotatable bonds is 5. The molecule has 0 spiro atoms. The Hall–Kier alpha value is 0.0969. The highest BCUT2D eigenvalue weighted by Crippen LogP contribution is 2.14. The van der Waals surface area contributed by atoms with E-state index in [1.807, 2.05) is 0 Å². The molecule has 11 heavy (non-hydrogen) atoms. The average molecular weight is 176 g/mol. The van der Waals surface area contributed by atoms with Gasteiger partial charge in [-0.3, -0.25) is 0 Å². The zero-order chi connectivity index (χ0) is 8.32. The second-order valence-corrected chi connectivity index (χ2v) is 6.03. The summed E-state index contributed by atoms with van der Waals surface area (Å²) in [4.78, 5) is 0. The Morgan fingerprint density at radius 1 is 1.64 bits per heavy atom. The van der Waals surface area contributed by atoms with Gasteiger partial charge in [0.1, 0.15) is 6.10 Å². The molecule has 3 nitrogen and oxygen atoms in total. The quantitative estimate of drug-likeness (QED) is 0.432. The van der Waals surface area contributed by atoms with Gasteiger partial charge in [0.2, 0.25) is 0 Å². The van der Waals surface area contributed by atoms with Crippen LogP contribution in [0.3, 0.4) is 0 Å². The van der Waals surface area contributed by atoms with Gasteiger partial charge < -0.3 is 13.9 Å². The molecule has 0 radical (unpaired) electrons. The predicted octanol–water partition coefficient (Wildman–Crippen LogP) is -0.132. The van der Waals surface area contributed by atoms with E-state index >= 15 is 0 Å². The first-order valence-electron chi connectivity index (χ1n) is 3.88. The molecular formula is C7H16O3Si. The van der Waals surface area contributed by atoms with Gasteiger partial charge in [-0.25, -0.2) is 0 Å². The van der Waals surface area contributed by atoms with E-state index in [0.29, 0.717) is 6.10 Å². The van der Waals surface area contributed by atoms with Gasteiger partial charge in [0.25, 0.3) is 0 Å². The number of hydrogen-bond donors (Lipinski definition) is 0. The molecule has 0 aromatic heterocycles. The fourth-order valence-electron chi connectivity index (χ4n) is 0.872. The molecule has 1 atom stereocenters. The number of ether oxygens (including phenoxy) is 2. The third-order valence-corrected chi connectivity index (χ3v) is 2.74. The van der Waals surface area contributed by atoms with E-state index in [4.69, 9.17) is 13.9 Å². The summed E-state index contributed by atoms with van der Waals surface area (Å²) < 4.78 is 15.8. The molecule has 0 N–H and O–H groups in total. The Balaban J connectivity index is 2.09. The van der Waals surface area contributed by atoms with Gasteiger partial charge >= 0.3 is 0 Å². The summed E-state index contributed by atoms with van der Waals surface area (Å²) in [7, 11) is 1.20. The van der Waals surface area contributed by atoms with Crippen LogP contribution in [0.25, 0.3) is 0 Å². The van der Waals surface area contributed by atoms with Crippen LogP contribution in [0.1, 0.15) is 13.8 Å². The molecule has 0 bridgehead atoms. The molecular weight excluding hydrogens is 160 g/mol. The minimum Gasteiger partial charge on any atom is -0.424 e. The van der Waals surface area contributed by atoms with Crippen LogP contribution in [0.4, 0.5) is 0 Å². The molecule has 4 heteroatoms. The third kappa shape index (κ3) is 3.86. The molecule has 1 saturated heterocycles. The van der Waals surface area contributed by atoms with Gasteiger partial charge in [-0.05, 0) is 13.8 Å². The van der Waals surface area contributed by atoms with Crippen molar-refractivity contribution in [1.29, 1.82) is 0 Å². The van der Waals surface area contributed by atoms with Crippen LogP contribution in [0.15, 0.2) is 0 Å². The van der Waals surface area contributed by atoms with Crippen LogP contribution in [0, 0.1) is 0 Å². The maximum Gasteiger partial charge on any atom is 0.193 e. The lowest BCUT2D eigenvalue weighted by atomic mass is 10.4. The summed E-state index contributed by atoms with van der Waals surface area (Å²) in [6.45, 7) is 5.74. The molecule has 66 valence electrons. The van der Waals surface area contributed by atoms with Crippen molar-refractivity contribution >= 4 is 9.76 Å². The molecule has 1 heterocycles. The highest BCUT2D eigenvalue weighted by molar-refractivity contribution is 6.31. The highest BCUT2D eigenvalue weighted by Gasteiger charge is 2.27. The molecule has 0 aromatic carbocycles. The van der Waals surface area contributed by atoms with Crippen LogP contribution >= 0.6 is 0 Å². The first-order valence-corrected chi connectivity index (χ1v) is 5.17. The van der Waals surface area contributed by atoms with Crippen molar-refractivity contribution in [3.8, 4) is 0 Å². The third-order valence-electron chi connectivity index (χ3n) is 1.55. The Labute approximate surface area is 70.0 Å². The monoisotopic (exact) mass is 176 g/mol. The Morgan fingerprint density at radius 3 is 2.73 bits per heavy atom. The Kier molecular flexibility index (Phi) is 3.06. The minimum atomic E-state index is -0.543. The standard InChI is InChI=1S/C7H16O3Si/c1-7(2,11-8-3)10-5-6-4-9-6/h6H,4-5,11H2,1-3H3. The maximum absolute atomic E-state index is 5.61. The Morgan fingerprint density at radius 2 is 2.27 bits per heavy atom. The second kappa shape index (κ2) is 3.67. The van der Waals surface area contributed by atoms with E-state index in [2.05, 4.69) is 13.8 Å². The molecule has 0 amide bonds. The van der Waals surface area contributed by atoms with Gasteiger partial charge in [0, 0.05) is 7.11 Å². The van der Waals surface area contributed by atoms with E-state index in [-0.39, 0.29) is 5.22 Å². The lowest BCUT2D eigenvalue weighted by Crippen LogP contribution is -2.34. The van der Waals surface area contributed by atoms with Gasteiger partial charge in [-0.2, -0.15) is 0 Å². The molecule has 1 unspecified atom stereocenters. The van der Waals surface area contributed by atoms with Crippen molar-refractivity contribution in [2.75, 3.05) is 20.3 Å². The molecule has 1 rings (SSSR count). The van der Waals surface area contributed by atoms with Crippen LogP contribution in [0.2, 0.25) is 0 Å². The van der Waals surface area contributed by atoms with Gasteiger partial charge in [0.15, 0.2) is 9.76 Å². The average Bonchev–Trinajstić information content (AvgIpc) is 2.65. The van der Waals surface area contributed by atoms with E-state index in [0.717, 1.165) is 13.2 Å². The number of epoxide rings is 1. The molecule has 0 aliphatic carbocycles. The molecule has 1 fully saturated rings. The normalized spacial score (nSPS) is 24.8. The first kappa shape index (κ1) is 9.19. The van der Waals surface area contributed by atoms with E-state index in [1.165, 1.54) is 0 Å². The lowest BCUT2D eigenvalue weighted by molar-refractivity contribution is 0.0241. The highest BCUT2D eigenvalue weighted by atomic mass is 28.2. The van der Waals surface area contributed by atoms with Gasteiger partial charge in [0.05, 0.1) is 18.4 Å². The summed E-state index contributed by atoms with van der Waals surface area (Å²) in [6.07, 6.45) is 0.361. The van der Waals surface area contributed by atoms with E-state index in [9.17, 15) is 0 Å². The topological polar surface area (TPSA) is 31.0 Å². The van der Waals surface area contributed by atoms with Crippen molar-refractivity contribution in [1.82, 2.24) is 0 Å². The van der Waals surface area contributed by atoms with Crippen molar-refractivity contribution in [2.24, 2.45) is 0 Å². The zero-order valence-corrected chi connectivity index (χ0v) is 8.84. The maximum atomic E-state index is 5.61. The van der Waals surface area contributed by atoms with Crippen LogP contribution in [-0.2, 0) is 13.9 Å². The van der Waals surface area contributed by atoms with Crippen LogP contribution < -0.4 is 0 Å². The van der Waals surface area contributed by atoms with E-state index in [1.54, 1.807) is 7.11 Å². The number of hydrogen-bond acceptors (Lipinski definition) is 3. The molecule has 1 aliphatic rings. The summed E-state index contributed by atoms with van der Waals surface area (Å²) in [5, 5.41) is -0.0410. The smallest absolute Gasteiger partial charge is 0.193 e. The van der Waals surface area contributed by atoms with Gasteiger partial charge in [-0.15, -0.1) is 0 Å². The zero-order valence-electron chi connectivity index (χ0n) is 7.42. The summed E-state index contributed by atoms with van der Waals surface area (Å²) >= 11 is 0. The largest absolute Gasteiger partial charge is 0.424 e.